The highest BCUT2D eigenvalue weighted by atomic mass is 16.4. The fraction of sp³-hybridized carbons (Fsp3) is 0.571. The van der Waals surface area contributed by atoms with E-state index in [1.165, 1.54) is 44.2 Å². The molecule has 5 heteroatoms. The highest BCUT2D eigenvalue weighted by molar-refractivity contribution is 5.93. The summed E-state index contributed by atoms with van der Waals surface area (Å²) in [5.41, 5.74) is 0. The topological polar surface area (TPSA) is 79.5 Å². The molecule has 1 aromatic heterocycles. The van der Waals surface area contributed by atoms with Gasteiger partial charge in [0, 0.05) is 6.54 Å². The molecule has 104 valence electrons. The number of furan rings is 1. The van der Waals surface area contributed by atoms with Crippen molar-refractivity contribution in [1.29, 1.82) is 0 Å². The molecule has 0 bridgehead atoms. The summed E-state index contributed by atoms with van der Waals surface area (Å²) < 4.78 is 4.94. The van der Waals surface area contributed by atoms with Crippen LogP contribution in [0.15, 0.2) is 16.5 Å². The van der Waals surface area contributed by atoms with E-state index in [9.17, 15) is 9.59 Å². The van der Waals surface area contributed by atoms with Gasteiger partial charge < -0.3 is 14.8 Å². The van der Waals surface area contributed by atoms with E-state index in [0.29, 0.717) is 12.5 Å². The number of carbonyl (C=O) groups excluding carboxylic acids is 1. The van der Waals surface area contributed by atoms with Crippen LogP contribution >= 0.6 is 0 Å². The van der Waals surface area contributed by atoms with Gasteiger partial charge >= 0.3 is 5.97 Å². The van der Waals surface area contributed by atoms with Crippen molar-refractivity contribution in [2.45, 2.75) is 38.5 Å². The van der Waals surface area contributed by atoms with Gasteiger partial charge in [0.1, 0.15) is 0 Å². The van der Waals surface area contributed by atoms with Gasteiger partial charge in [-0.25, -0.2) is 4.79 Å². The zero-order valence-electron chi connectivity index (χ0n) is 10.9. The van der Waals surface area contributed by atoms with Crippen molar-refractivity contribution >= 4 is 11.9 Å². The van der Waals surface area contributed by atoms with Crippen LogP contribution < -0.4 is 5.32 Å². The maximum absolute atomic E-state index is 11.7. The highest BCUT2D eigenvalue weighted by Gasteiger charge is 2.16. The van der Waals surface area contributed by atoms with Gasteiger partial charge in [-0.3, -0.25) is 4.79 Å². The van der Waals surface area contributed by atoms with E-state index in [2.05, 4.69) is 5.32 Å². The predicted octanol–water partition coefficient (Wildman–Crippen LogP) is 2.68. The number of aromatic carboxylic acids is 1. The third-order valence-corrected chi connectivity index (χ3v) is 3.60. The summed E-state index contributed by atoms with van der Waals surface area (Å²) in [6.45, 7) is 0.618. The lowest BCUT2D eigenvalue weighted by Crippen LogP contribution is -2.26. The van der Waals surface area contributed by atoms with Gasteiger partial charge in [0.25, 0.3) is 5.91 Å². The highest BCUT2D eigenvalue weighted by Crippen LogP contribution is 2.25. The average molecular weight is 265 g/mol. The summed E-state index contributed by atoms with van der Waals surface area (Å²) >= 11 is 0. The van der Waals surface area contributed by atoms with Crippen molar-refractivity contribution in [3.8, 4) is 0 Å². The molecular weight excluding hydrogens is 246 g/mol. The second-order valence-corrected chi connectivity index (χ2v) is 5.02. The zero-order valence-corrected chi connectivity index (χ0v) is 10.9. The first kappa shape index (κ1) is 13.6. The van der Waals surface area contributed by atoms with E-state index >= 15 is 0 Å². The minimum absolute atomic E-state index is 0.0565. The SMILES string of the molecule is O=C(O)c1ccc(C(=O)NCCC2CCCCC2)o1. The van der Waals surface area contributed by atoms with Crippen LogP contribution in [0.3, 0.4) is 0 Å². The van der Waals surface area contributed by atoms with Crippen LogP contribution in [0.2, 0.25) is 0 Å². The molecule has 1 aromatic rings. The lowest BCUT2D eigenvalue weighted by molar-refractivity contribution is 0.0659. The molecule has 2 N–H and O–H groups in total. The second-order valence-electron chi connectivity index (χ2n) is 5.02. The summed E-state index contributed by atoms with van der Waals surface area (Å²) in [7, 11) is 0. The molecule has 1 heterocycles. The third kappa shape index (κ3) is 3.84. The molecule has 19 heavy (non-hydrogen) atoms. The molecular formula is C14H19NO4. The van der Waals surface area contributed by atoms with E-state index < -0.39 is 5.97 Å². The van der Waals surface area contributed by atoms with Gasteiger partial charge in [0.2, 0.25) is 5.76 Å². The molecule has 1 amide bonds. The minimum Gasteiger partial charge on any atom is -0.475 e. The maximum Gasteiger partial charge on any atom is 0.371 e. The van der Waals surface area contributed by atoms with Crippen molar-refractivity contribution in [2.24, 2.45) is 5.92 Å². The third-order valence-electron chi connectivity index (χ3n) is 3.60. The van der Waals surface area contributed by atoms with Crippen molar-refractivity contribution in [3.05, 3.63) is 23.7 Å². The quantitative estimate of drug-likeness (QED) is 0.857. The largest absolute Gasteiger partial charge is 0.475 e. The van der Waals surface area contributed by atoms with E-state index in [1.807, 2.05) is 0 Å². The Morgan fingerprint density at radius 1 is 1.21 bits per heavy atom. The summed E-state index contributed by atoms with van der Waals surface area (Å²) in [4.78, 5) is 22.4. The number of carbonyl (C=O) groups is 2. The Hall–Kier alpha value is -1.78. The number of amides is 1. The normalized spacial score (nSPS) is 16.2. The Morgan fingerprint density at radius 2 is 1.89 bits per heavy atom. The van der Waals surface area contributed by atoms with Crippen LogP contribution in [0, 0.1) is 5.92 Å². The van der Waals surface area contributed by atoms with Gasteiger partial charge in [-0.2, -0.15) is 0 Å². The van der Waals surface area contributed by atoms with E-state index in [-0.39, 0.29) is 17.4 Å². The molecule has 0 radical (unpaired) electrons. The summed E-state index contributed by atoms with van der Waals surface area (Å²) in [6.07, 6.45) is 7.39. The monoisotopic (exact) mass is 265 g/mol. The van der Waals surface area contributed by atoms with Crippen LogP contribution in [0.1, 0.15) is 59.6 Å². The molecule has 0 spiro atoms. The van der Waals surface area contributed by atoms with Crippen molar-refractivity contribution in [2.75, 3.05) is 6.54 Å². The number of carboxylic acids is 1. The summed E-state index contributed by atoms with van der Waals surface area (Å²) in [5, 5.41) is 11.5. The molecule has 1 aliphatic rings. The predicted molar refractivity (Wildman–Crippen MR) is 69.2 cm³/mol. The number of nitrogens with one attached hydrogen (secondary N) is 1. The van der Waals surface area contributed by atoms with E-state index in [1.54, 1.807) is 0 Å². The Kier molecular flexibility index (Phi) is 4.60. The second kappa shape index (κ2) is 6.41. The van der Waals surface area contributed by atoms with Crippen LogP contribution in [0.25, 0.3) is 0 Å². The fourth-order valence-corrected chi connectivity index (χ4v) is 2.53. The molecule has 0 aliphatic heterocycles. The molecule has 1 saturated carbocycles. The number of rotatable bonds is 5. The van der Waals surface area contributed by atoms with E-state index in [0.717, 1.165) is 6.42 Å². The van der Waals surface area contributed by atoms with Crippen LogP contribution in [0.5, 0.6) is 0 Å². The molecule has 1 fully saturated rings. The Morgan fingerprint density at radius 3 is 2.53 bits per heavy atom. The molecule has 2 rings (SSSR count). The van der Waals surface area contributed by atoms with Crippen LogP contribution in [-0.2, 0) is 0 Å². The van der Waals surface area contributed by atoms with Gasteiger partial charge in [-0.05, 0) is 24.5 Å². The van der Waals surface area contributed by atoms with Gasteiger partial charge in [0.15, 0.2) is 5.76 Å². The zero-order chi connectivity index (χ0) is 13.7. The number of hydrogen-bond donors (Lipinski definition) is 2. The Labute approximate surface area is 112 Å². The minimum atomic E-state index is -1.17. The smallest absolute Gasteiger partial charge is 0.371 e. The Bertz CT molecular complexity index is 446. The summed E-state index contributed by atoms with van der Waals surface area (Å²) in [6, 6.07) is 2.68. The number of carboxylic acid groups (broad SMARTS) is 1. The van der Waals surface area contributed by atoms with Crippen molar-refractivity contribution in [1.82, 2.24) is 5.32 Å². The molecule has 1 aliphatic carbocycles. The van der Waals surface area contributed by atoms with Crippen LogP contribution in [-0.4, -0.2) is 23.5 Å². The first-order valence-corrected chi connectivity index (χ1v) is 6.78. The lowest BCUT2D eigenvalue weighted by Gasteiger charge is -2.21. The van der Waals surface area contributed by atoms with E-state index in [4.69, 9.17) is 9.52 Å². The summed E-state index contributed by atoms with van der Waals surface area (Å²) in [5.74, 6) is -0.955. The van der Waals surface area contributed by atoms with Gasteiger partial charge in [-0.1, -0.05) is 32.1 Å². The molecule has 0 atom stereocenters. The maximum atomic E-state index is 11.7. The van der Waals surface area contributed by atoms with Crippen molar-refractivity contribution < 1.29 is 19.1 Å². The van der Waals surface area contributed by atoms with Gasteiger partial charge in [0.05, 0.1) is 0 Å². The molecule has 0 aromatic carbocycles. The number of hydrogen-bond acceptors (Lipinski definition) is 3. The van der Waals surface area contributed by atoms with Gasteiger partial charge in [-0.15, -0.1) is 0 Å². The van der Waals surface area contributed by atoms with Crippen molar-refractivity contribution in [3.63, 3.8) is 0 Å². The van der Waals surface area contributed by atoms with Crippen LogP contribution in [0.4, 0.5) is 0 Å². The molecule has 0 unspecified atom stereocenters. The first-order chi connectivity index (χ1) is 9.16. The Balaban J connectivity index is 1.75. The molecule has 0 saturated heterocycles. The fourth-order valence-electron chi connectivity index (χ4n) is 2.53. The average Bonchev–Trinajstić information content (AvgIpc) is 2.89. The standard InChI is InChI=1S/C14H19NO4/c16-13(11-6-7-12(19-11)14(17)18)15-9-8-10-4-2-1-3-5-10/h6-7,10H,1-5,8-9H2,(H,15,16)(H,17,18). The first-order valence-electron chi connectivity index (χ1n) is 6.78. The lowest BCUT2D eigenvalue weighted by atomic mass is 9.87. The molecule has 5 nitrogen and oxygen atoms in total.